The summed E-state index contributed by atoms with van der Waals surface area (Å²) in [5.74, 6) is -1.08. The van der Waals surface area contributed by atoms with E-state index in [4.69, 9.17) is 5.73 Å². The molecule has 0 atom stereocenters. The lowest BCUT2D eigenvalue weighted by atomic mass is 10.3. The molecule has 4 N–H and O–H groups in total. The van der Waals surface area contributed by atoms with Gasteiger partial charge in [0, 0.05) is 6.04 Å². The van der Waals surface area contributed by atoms with E-state index in [1.54, 1.807) is 0 Å². The summed E-state index contributed by atoms with van der Waals surface area (Å²) in [6.07, 6.45) is 1.85. The molecule has 1 aromatic rings. The average molecular weight is 287 g/mol. The fourth-order valence-corrected chi connectivity index (χ4v) is 2.46. The highest BCUT2D eigenvalue weighted by Gasteiger charge is 2.24. The second-order valence-electron chi connectivity index (χ2n) is 4.35. The number of carbonyl (C=O) groups is 1. The number of hydrogen-bond acceptors (Lipinski definition) is 4. The SMILES string of the molecule is Nc1cc(S(=O)(=O)NCC(=O)NC2CC2)ccc1F. The number of hydrogen-bond donors (Lipinski definition) is 3. The van der Waals surface area contributed by atoms with Gasteiger partial charge in [-0.3, -0.25) is 4.79 Å². The first-order valence-corrected chi connectivity index (χ1v) is 7.21. The van der Waals surface area contributed by atoms with E-state index in [1.807, 2.05) is 0 Å². The van der Waals surface area contributed by atoms with E-state index in [1.165, 1.54) is 0 Å². The summed E-state index contributed by atoms with van der Waals surface area (Å²) in [5.41, 5.74) is 5.04. The summed E-state index contributed by atoms with van der Waals surface area (Å²) in [6.45, 7) is -0.351. The van der Waals surface area contributed by atoms with Gasteiger partial charge in [0.1, 0.15) is 5.82 Å². The number of carbonyl (C=O) groups excluding carboxylic acids is 1. The minimum Gasteiger partial charge on any atom is -0.396 e. The number of anilines is 1. The molecule has 0 heterocycles. The zero-order valence-corrected chi connectivity index (χ0v) is 10.8. The van der Waals surface area contributed by atoms with Crippen molar-refractivity contribution < 1.29 is 17.6 Å². The van der Waals surface area contributed by atoms with Crippen LogP contribution in [0.2, 0.25) is 0 Å². The Kier molecular flexibility index (Phi) is 3.72. The Bertz CT molecular complexity index is 599. The van der Waals surface area contributed by atoms with Crippen LogP contribution < -0.4 is 15.8 Å². The number of nitrogens with two attached hydrogens (primary N) is 1. The Labute approximate surface area is 110 Å². The number of amides is 1. The van der Waals surface area contributed by atoms with Gasteiger partial charge in [-0.2, -0.15) is 0 Å². The van der Waals surface area contributed by atoms with Crippen LogP contribution in [0.4, 0.5) is 10.1 Å². The minimum absolute atomic E-state index is 0.165. The van der Waals surface area contributed by atoms with E-state index in [2.05, 4.69) is 10.0 Å². The van der Waals surface area contributed by atoms with Crippen LogP contribution in [0.5, 0.6) is 0 Å². The molecule has 104 valence electrons. The molecule has 0 aromatic heterocycles. The predicted octanol–water partition coefficient (Wildman–Crippen LogP) is -0.0352. The molecule has 1 aliphatic rings. The van der Waals surface area contributed by atoms with Crippen LogP contribution in [0.3, 0.4) is 0 Å². The van der Waals surface area contributed by atoms with E-state index in [9.17, 15) is 17.6 Å². The van der Waals surface area contributed by atoms with Gasteiger partial charge in [-0.25, -0.2) is 17.5 Å². The monoisotopic (exact) mass is 287 g/mol. The Morgan fingerprint density at radius 3 is 2.68 bits per heavy atom. The molecule has 0 spiro atoms. The summed E-state index contributed by atoms with van der Waals surface area (Å²) in [6, 6.07) is 3.23. The van der Waals surface area contributed by atoms with Crippen molar-refractivity contribution in [2.75, 3.05) is 12.3 Å². The van der Waals surface area contributed by atoms with Gasteiger partial charge in [-0.15, -0.1) is 0 Å². The van der Waals surface area contributed by atoms with Crippen LogP contribution >= 0.6 is 0 Å². The number of benzene rings is 1. The fourth-order valence-electron chi connectivity index (χ4n) is 1.44. The van der Waals surface area contributed by atoms with E-state index in [0.717, 1.165) is 31.0 Å². The third kappa shape index (κ3) is 3.65. The second-order valence-corrected chi connectivity index (χ2v) is 6.12. The predicted molar refractivity (Wildman–Crippen MR) is 67.2 cm³/mol. The number of halogens is 1. The number of sulfonamides is 1. The van der Waals surface area contributed by atoms with Crippen LogP contribution in [0.15, 0.2) is 23.1 Å². The zero-order valence-electron chi connectivity index (χ0n) is 10.0. The molecule has 2 rings (SSSR count). The van der Waals surface area contributed by atoms with E-state index in [-0.39, 0.29) is 29.1 Å². The van der Waals surface area contributed by atoms with Crippen molar-refractivity contribution in [3.05, 3.63) is 24.0 Å². The summed E-state index contributed by atoms with van der Waals surface area (Å²) >= 11 is 0. The average Bonchev–Trinajstić information content (AvgIpc) is 3.14. The molecular formula is C11H14FN3O3S. The van der Waals surface area contributed by atoms with E-state index >= 15 is 0 Å². The molecule has 0 radical (unpaired) electrons. The zero-order chi connectivity index (χ0) is 14.0. The van der Waals surface area contributed by atoms with Crippen molar-refractivity contribution in [1.29, 1.82) is 0 Å². The van der Waals surface area contributed by atoms with E-state index in [0.29, 0.717) is 0 Å². The third-order valence-electron chi connectivity index (χ3n) is 2.64. The second kappa shape index (κ2) is 5.14. The summed E-state index contributed by atoms with van der Waals surface area (Å²) in [7, 11) is -3.87. The first-order chi connectivity index (χ1) is 8.88. The Morgan fingerprint density at radius 2 is 2.11 bits per heavy atom. The minimum atomic E-state index is -3.87. The standard InChI is InChI=1S/C11H14FN3O3S/c12-9-4-3-8(5-10(9)13)19(17,18)14-6-11(16)15-7-1-2-7/h3-5,7,14H,1-2,6,13H2,(H,15,16). The van der Waals surface area contributed by atoms with Crippen molar-refractivity contribution in [2.45, 2.75) is 23.8 Å². The number of nitrogens with one attached hydrogen (secondary N) is 2. The van der Waals surface area contributed by atoms with Crippen LogP contribution in [-0.4, -0.2) is 26.9 Å². The normalized spacial score (nSPS) is 15.2. The van der Waals surface area contributed by atoms with Crippen molar-refractivity contribution in [1.82, 2.24) is 10.0 Å². The molecule has 0 saturated heterocycles. The molecule has 1 aromatic carbocycles. The summed E-state index contributed by atoms with van der Waals surface area (Å²) in [5, 5.41) is 2.65. The first-order valence-electron chi connectivity index (χ1n) is 5.72. The largest absolute Gasteiger partial charge is 0.396 e. The third-order valence-corrected chi connectivity index (χ3v) is 4.04. The Morgan fingerprint density at radius 1 is 1.42 bits per heavy atom. The lowest BCUT2D eigenvalue weighted by molar-refractivity contribution is -0.120. The van der Waals surface area contributed by atoms with Crippen LogP contribution in [0.25, 0.3) is 0 Å². The van der Waals surface area contributed by atoms with Gasteiger partial charge in [0.2, 0.25) is 15.9 Å². The van der Waals surface area contributed by atoms with Crippen molar-refractivity contribution in [3.63, 3.8) is 0 Å². The van der Waals surface area contributed by atoms with Crippen LogP contribution in [0.1, 0.15) is 12.8 Å². The van der Waals surface area contributed by atoms with Gasteiger partial charge in [-0.05, 0) is 31.0 Å². The van der Waals surface area contributed by atoms with Crippen molar-refractivity contribution >= 4 is 21.6 Å². The fraction of sp³-hybridized carbons (Fsp3) is 0.364. The molecule has 1 fully saturated rings. The maximum Gasteiger partial charge on any atom is 0.241 e. The summed E-state index contributed by atoms with van der Waals surface area (Å²) in [4.78, 5) is 11.2. The highest BCUT2D eigenvalue weighted by atomic mass is 32.2. The molecule has 1 aliphatic carbocycles. The molecular weight excluding hydrogens is 273 g/mol. The lowest BCUT2D eigenvalue weighted by Gasteiger charge is -2.08. The van der Waals surface area contributed by atoms with Gasteiger partial charge in [0.15, 0.2) is 0 Å². The highest BCUT2D eigenvalue weighted by molar-refractivity contribution is 7.89. The Balaban J connectivity index is 2.00. The molecule has 19 heavy (non-hydrogen) atoms. The maximum absolute atomic E-state index is 12.9. The highest BCUT2D eigenvalue weighted by Crippen LogP contribution is 2.18. The molecule has 1 saturated carbocycles. The van der Waals surface area contributed by atoms with Crippen LogP contribution in [-0.2, 0) is 14.8 Å². The molecule has 8 heteroatoms. The van der Waals surface area contributed by atoms with Crippen LogP contribution in [0, 0.1) is 5.82 Å². The van der Waals surface area contributed by atoms with Gasteiger partial charge < -0.3 is 11.1 Å². The maximum atomic E-state index is 12.9. The number of rotatable bonds is 5. The van der Waals surface area contributed by atoms with Gasteiger partial charge in [-0.1, -0.05) is 0 Å². The van der Waals surface area contributed by atoms with Crippen molar-refractivity contribution in [3.8, 4) is 0 Å². The van der Waals surface area contributed by atoms with Gasteiger partial charge in [0.05, 0.1) is 17.1 Å². The molecule has 0 unspecified atom stereocenters. The topological polar surface area (TPSA) is 101 Å². The van der Waals surface area contributed by atoms with Gasteiger partial charge >= 0.3 is 0 Å². The lowest BCUT2D eigenvalue weighted by Crippen LogP contribution is -2.37. The Hall–Kier alpha value is -1.67. The summed E-state index contributed by atoms with van der Waals surface area (Å²) < 4.78 is 38.7. The molecule has 1 amide bonds. The smallest absolute Gasteiger partial charge is 0.241 e. The first kappa shape index (κ1) is 13.8. The molecule has 0 bridgehead atoms. The number of nitrogen functional groups attached to an aromatic ring is 1. The quantitative estimate of drug-likeness (QED) is 0.662. The molecule has 6 nitrogen and oxygen atoms in total. The molecule has 0 aliphatic heterocycles. The van der Waals surface area contributed by atoms with E-state index < -0.39 is 15.8 Å². The van der Waals surface area contributed by atoms with Crippen molar-refractivity contribution in [2.24, 2.45) is 0 Å². The van der Waals surface area contributed by atoms with Gasteiger partial charge in [0.25, 0.3) is 0 Å².